The number of ether oxygens (including phenoxy) is 1. The second-order valence-corrected chi connectivity index (χ2v) is 7.37. The van der Waals surface area contributed by atoms with E-state index in [4.69, 9.17) is 10.6 Å². The number of nitrogens with zero attached hydrogens (tertiary/aromatic N) is 2. The summed E-state index contributed by atoms with van der Waals surface area (Å²) in [5.74, 6) is 11.1. The highest BCUT2D eigenvalue weighted by Gasteiger charge is 2.51. The Morgan fingerprint density at radius 3 is 2.38 bits per heavy atom. The summed E-state index contributed by atoms with van der Waals surface area (Å²) in [6.07, 6.45) is 8.88. The molecule has 0 aliphatic heterocycles. The van der Waals surface area contributed by atoms with Crippen molar-refractivity contribution in [1.29, 1.82) is 0 Å². The number of aromatic nitrogens is 2. The van der Waals surface area contributed by atoms with Crippen LogP contribution in [-0.4, -0.2) is 16.9 Å². The van der Waals surface area contributed by atoms with Crippen LogP contribution < -0.4 is 16.0 Å². The van der Waals surface area contributed by atoms with Crippen LogP contribution in [0.1, 0.15) is 43.8 Å². The number of hydrazine groups is 1. The van der Waals surface area contributed by atoms with Gasteiger partial charge in [-0.1, -0.05) is 0 Å². The van der Waals surface area contributed by atoms with Crippen LogP contribution in [0.25, 0.3) is 0 Å². The minimum atomic E-state index is 0.155. The van der Waals surface area contributed by atoms with Crippen LogP contribution in [0.3, 0.4) is 0 Å². The minimum Gasteiger partial charge on any atom is -0.493 e. The maximum atomic E-state index is 5.99. The van der Waals surface area contributed by atoms with Gasteiger partial charge in [-0.25, -0.2) is 0 Å². The number of nitrogens with one attached hydrogen (secondary N) is 1. The molecular weight excluding hydrogens is 264 g/mol. The molecule has 4 fully saturated rings. The monoisotopic (exact) mass is 290 g/mol. The van der Waals surface area contributed by atoms with E-state index >= 15 is 0 Å². The van der Waals surface area contributed by atoms with E-state index in [0.29, 0.717) is 5.92 Å². The molecule has 1 aromatic rings. The molecule has 0 amide bonds. The molecule has 5 nitrogen and oxygen atoms in total. The van der Waals surface area contributed by atoms with Gasteiger partial charge < -0.3 is 4.74 Å². The van der Waals surface area contributed by atoms with Crippen molar-refractivity contribution in [3.8, 4) is 5.75 Å². The molecular formula is C16H26N4O. The van der Waals surface area contributed by atoms with E-state index in [1.807, 2.05) is 11.7 Å². The van der Waals surface area contributed by atoms with Crippen molar-refractivity contribution in [1.82, 2.24) is 15.2 Å². The second-order valence-electron chi connectivity index (χ2n) is 7.37. The number of aryl methyl sites for hydroxylation is 1. The second kappa shape index (κ2) is 4.99. The van der Waals surface area contributed by atoms with E-state index in [-0.39, 0.29) is 6.04 Å². The molecule has 1 heterocycles. The van der Waals surface area contributed by atoms with E-state index < -0.39 is 0 Å². The van der Waals surface area contributed by atoms with Crippen LogP contribution >= 0.6 is 0 Å². The van der Waals surface area contributed by atoms with Crippen molar-refractivity contribution in [3.63, 3.8) is 0 Å². The number of hydrogen-bond acceptors (Lipinski definition) is 4. The van der Waals surface area contributed by atoms with Gasteiger partial charge in [-0.3, -0.25) is 16.0 Å². The zero-order valence-corrected chi connectivity index (χ0v) is 13.0. The van der Waals surface area contributed by atoms with E-state index in [0.717, 1.165) is 35.1 Å². The lowest BCUT2D eigenvalue weighted by atomic mass is 9.50. The average molecular weight is 290 g/mol. The molecule has 3 N–H and O–H groups in total. The van der Waals surface area contributed by atoms with Gasteiger partial charge in [0.1, 0.15) is 0 Å². The van der Waals surface area contributed by atoms with Crippen molar-refractivity contribution >= 4 is 0 Å². The number of rotatable bonds is 4. The Balaban J connectivity index is 1.68. The molecule has 0 saturated heterocycles. The molecule has 1 atom stereocenters. The van der Waals surface area contributed by atoms with Crippen LogP contribution in [0.2, 0.25) is 0 Å². The van der Waals surface area contributed by atoms with Gasteiger partial charge in [0.2, 0.25) is 0 Å². The Morgan fingerprint density at radius 1 is 1.24 bits per heavy atom. The minimum absolute atomic E-state index is 0.155. The van der Waals surface area contributed by atoms with E-state index in [1.165, 1.54) is 32.1 Å². The predicted molar refractivity (Wildman–Crippen MR) is 80.4 cm³/mol. The molecule has 4 aliphatic rings. The molecule has 1 aromatic heterocycles. The Hall–Kier alpha value is -1.07. The lowest BCUT2D eigenvalue weighted by Crippen LogP contribution is -2.51. The average Bonchev–Trinajstić information content (AvgIpc) is 2.83. The first-order valence-electron chi connectivity index (χ1n) is 8.23. The highest BCUT2D eigenvalue weighted by molar-refractivity contribution is 5.29. The van der Waals surface area contributed by atoms with Crippen LogP contribution in [0, 0.1) is 29.6 Å². The molecule has 4 bridgehead atoms. The fourth-order valence-electron chi connectivity index (χ4n) is 5.82. The standard InChI is InChI=1S/C16H26N4O/c1-20-16(13(21-2)8-18-20)15(19-17)14-11-4-9-3-10(6-11)7-12(14)5-9/h8-12,14-15,19H,3-7,17H2,1-2H3. The van der Waals surface area contributed by atoms with Crippen molar-refractivity contribution in [2.24, 2.45) is 42.5 Å². The van der Waals surface area contributed by atoms with E-state index in [9.17, 15) is 0 Å². The van der Waals surface area contributed by atoms with Gasteiger partial charge in [-0.05, 0) is 61.7 Å². The summed E-state index contributed by atoms with van der Waals surface area (Å²) in [5.41, 5.74) is 4.22. The zero-order chi connectivity index (χ0) is 14.6. The Morgan fingerprint density at radius 2 is 1.86 bits per heavy atom. The van der Waals surface area contributed by atoms with Gasteiger partial charge in [0.15, 0.2) is 5.75 Å². The number of nitrogens with two attached hydrogens (primary N) is 1. The maximum Gasteiger partial charge on any atom is 0.161 e. The first kappa shape index (κ1) is 13.6. The Bertz CT molecular complexity index is 498. The Labute approximate surface area is 126 Å². The third-order valence-electron chi connectivity index (χ3n) is 6.33. The first-order valence-corrected chi connectivity index (χ1v) is 8.23. The van der Waals surface area contributed by atoms with Crippen LogP contribution in [0.15, 0.2) is 6.20 Å². The van der Waals surface area contributed by atoms with Gasteiger partial charge >= 0.3 is 0 Å². The molecule has 116 valence electrons. The summed E-state index contributed by atoms with van der Waals surface area (Å²) in [4.78, 5) is 0. The molecule has 5 heteroatoms. The SMILES string of the molecule is COc1cnn(C)c1C(NN)C1C2CC3CC(C2)CC1C3. The molecule has 21 heavy (non-hydrogen) atoms. The Kier molecular flexibility index (Phi) is 3.23. The molecule has 5 rings (SSSR count). The lowest BCUT2D eigenvalue weighted by Gasteiger charge is -2.56. The fraction of sp³-hybridized carbons (Fsp3) is 0.812. The summed E-state index contributed by atoms with van der Waals surface area (Å²) in [6.45, 7) is 0. The van der Waals surface area contributed by atoms with Crippen LogP contribution in [0.5, 0.6) is 5.75 Å². The van der Waals surface area contributed by atoms with Crippen molar-refractivity contribution in [2.75, 3.05) is 7.11 Å². The first-order chi connectivity index (χ1) is 10.2. The molecule has 0 aromatic carbocycles. The van der Waals surface area contributed by atoms with Gasteiger partial charge in [0.05, 0.1) is 25.0 Å². The van der Waals surface area contributed by atoms with Crippen molar-refractivity contribution in [3.05, 3.63) is 11.9 Å². The molecule has 4 saturated carbocycles. The summed E-state index contributed by atoms with van der Waals surface area (Å²) >= 11 is 0. The lowest BCUT2D eigenvalue weighted by molar-refractivity contribution is -0.0538. The summed E-state index contributed by atoms with van der Waals surface area (Å²) < 4.78 is 7.44. The van der Waals surface area contributed by atoms with Gasteiger partial charge in [-0.15, -0.1) is 0 Å². The molecule has 1 unspecified atom stereocenters. The van der Waals surface area contributed by atoms with E-state index in [1.54, 1.807) is 13.3 Å². The summed E-state index contributed by atoms with van der Waals surface area (Å²) in [7, 11) is 3.70. The third-order valence-corrected chi connectivity index (χ3v) is 6.33. The molecule has 0 radical (unpaired) electrons. The van der Waals surface area contributed by atoms with Gasteiger partial charge in [-0.2, -0.15) is 5.10 Å². The highest BCUT2D eigenvalue weighted by atomic mass is 16.5. The third kappa shape index (κ3) is 2.01. The van der Waals surface area contributed by atoms with E-state index in [2.05, 4.69) is 10.5 Å². The van der Waals surface area contributed by atoms with Crippen molar-refractivity contribution in [2.45, 2.75) is 38.1 Å². The summed E-state index contributed by atoms with van der Waals surface area (Å²) in [6, 6.07) is 0.155. The fourth-order valence-corrected chi connectivity index (χ4v) is 5.82. The molecule has 4 aliphatic carbocycles. The number of hydrogen-bond donors (Lipinski definition) is 2. The maximum absolute atomic E-state index is 5.99. The van der Waals surface area contributed by atoms with Gasteiger partial charge in [0, 0.05) is 7.05 Å². The van der Waals surface area contributed by atoms with Crippen LogP contribution in [0.4, 0.5) is 0 Å². The summed E-state index contributed by atoms with van der Waals surface area (Å²) in [5, 5.41) is 4.36. The molecule has 0 spiro atoms. The predicted octanol–water partition coefficient (Wildman–Crippen LogP) is 2.01. The quantitative estimate of drug-likeness (QED) is 0.657. The normalized spacial score (nSPS) is 38.7. The topological polar surface area (TPSA) is 65.1 Å². The zero-order valence-electron chi connectivity index (χ0n) is 13.0. The largest absolute Gasteiger partial charge is 0.493 e. The highest BCUT2D eigenvalue weighted by Crippen LogP contribution is 2.59. The van der Waals surface area contributed by atoms with Gasteiger partial charge in [0.25, 0.3) is 0 Å². The number of methoxy groups -OCH3 is 1. The van der Waals surface area contributed by atoms with Crippen LogP contribution in [-0.2, 0) is 7.05 Å². The van der Waals surface area contributed by atoms with Crippen molar-refractivity contribution < 1.29 is 4.74 Å². The smallest absolute Gasteiger partial charge is 0.161 e.